The van der Waals surface area contributed by atoms with E-state index in [4.69, 9.17) is 5.73 Å². The van der Waals surface area contributed by atoms with Gasteiger partial charge in [-0.05, 0) is 55.2 Å². The fourth-order valence-electron chi connectivity index (χ4n) is 4.44. The van der Waals surface area contributed by atoms with Crippen LogP contribution in [0.4, 0.5) is 5.69 Å². The van der Waals surface area contributed by atoms with Crippen LogP contribution < -0.4 is 10.0 Å². The molecule has 4 rings (SSSR count). The molecule has 9 heteroatoms. The van der Waals surface area contributed by atoms with Crippen molar-refractivity contribution < 1.29 is 13.2 Å². The molecular formula is C23H25N5O3S. The Hall–Kier alpha value is -3.38. The van der Waals surface area contributed by atoms with Gasteiger partial charge in [0.2, 0.25) is 15.9 Å². The van der Waals surface area contributed by atoms with Crippen LogP contribution in [0.3, 0.4) is 0 Å². The number of hydrogen-bond acceptors (Lipinski definition) is 6. The number of nitriles is 1. The average Bonchev–Trinajstić information content (AvgIpc) is 2.78. The first kappa shape index (κ1) is 21.8. The lowest BCUT2D eigenvalue weighted by atomic mass is 9.74. The zero-order valence-electron chi connectivity index (χ0n) is 18.0. The number of hydrogen-bond donors (Lipinski definition) is 1. The van der Waals surface area contributed by atoms with E-state index < -0.39 is 21.5 Å². The quantitative estimate of drug-likeness (QED) is 0.768. The highest BCUT2D eigenvalue weighted by molar-refractivity contribution is 7.92. The minimum Gasteiger partial charge on any atom is -0.369 e. The monoisotopic (exact) mass is 451 g/mol. The number of nitrogens with zero attached hydrogens (tertiary/aromatic N) is 4. The highest BCUT2D eigenvalue weighted by atomic mass is 32.2. The maximum absolute atomic E-state index is 13.4. The summed E-state index contributed by atoms with van der Waals surface area (Å²) in [6.07, 6.45) is 1.48. The van der Waals surface area contributed by atoms with Crippen LogP contribution in [-0.2, 0) is 20.4 Å². The van der Waals surface area contributed by atoms with Gasteiger partial charge in [0, 0.05) is 13.6 Å². The number of carbonyl (C=O) groups is 1. The van der Waals surface area contributed by atoms with Gasteiger partial charge in [-0.3, -0.25) is 14.0 Å². The van der Waals surface area contributed by atoms with Gasteiger partial charge in [-0.2, -0.15) is 5.26 Å². The van der Waals surface area contributed by atoms with E-state index >= 15 is 0 Å². The summed E-state index contributed by atoms with van der Waals surface area (Å²) in [5, 5.41) is 9.33. The van der Waals surface area contributed by atoms with E-state index in [1.165, 1.54) is 9.21 Å². The summed E-state index contributed by atoms with van der Waals surface area (Å²) in [7, 11) is -1.75. The van der Waals surface area contributed by atoms with Crippen LogP contribution >= 0.6 is 0 Å². The fourth-order valence-corrected chi connectivity index (χ4v) is 6.08. The number of rotatable bonds is 3. The number of nitrogens with two attached hydrogens (primary N) is 1. The second-order valence-corrected chi connectivity index (χ2v) is 10.3. The van der Waals surface area contributed by atoms with Gasteiger partial charge in [-0.15, -0.1) is 0 Å². The third kappa shape index (κ3) is 3.60. The fraction of sp³-hybridized carbons (Fsp3) is 0.348. The lowest BCUT2D eigenvalue weighted by Gasteiger charge is -2.41. The molecule has 0 saturated carbocycles. The summed E-state index contributed by atoms with van der Waals surface area (Å²) in [4.78, 5) is 19.4. The topological polar surface area (TPSA) is 120 Å². The van der Waals surface area contributed by atoms with Gasteiger partial charge in [0.1, 0.15) is 5.54 Å². The van der Waals surface area contributed by atoms with Crippen LogP contribution in [-0.4, -0.2) is 44.5 Å². The van der Waals surface area contributed by atoms with Gasteiger partial charge in [-0.25, -0.2) is 13.4 Å². The molecule has 1 saturated heterocycles. The molecule has 0 radical (unpaired) electrons. The SMILES string of the molecule is CN1C(=O)[C@@H](c2ccc(N3CCCCS3(=O)=O)cc2)[C@@](C)(c2cccc(C#N)c2)N=C1N. The van der Waals surface area contributed by atoms with Crippen LogP contribution in [0.15, 0.2) is 53.5 Å². The second-order valence-electron chi connectivity index (χ2n) is 8.33. The molecule has 0 bridgehead atoms. The maximum Gasteiger partial charge on any atom is 0.239 e. The Morgan fingerprint density at radius 2 is 1.91 bits per heavy atom. The Balaban J connectivity index is 1.79. The maximum atomic E-state index is 13.4. The Morgan fingerprint density at radius 1 is 1.19 bits per heavy atom. The Morgan fingerprint density at radius 3 is 2.56 bits per heavy atom. The Bertz CT molecular complexity index is 1230. The van der Waals surface area contributed by atoms with Gasteiger partial charge in [-0.1, -0.05) is 24.3 Å². The largest absolute Gasteiger partial charge is 0.369 e. The molecule has 2 aromatic rings. The number of amides is 1. The number of aliphatic imine (C=N–C) groups is 1. The molecule has 0 aromatic heterocycles. The van der Waals surface area contributed by atoms with Crippen molar-refractivity contribution in [3.63, 3.8) is 0 Å². The van der Waals surface area contributed by atoms with Crippen LogP contribution in [0.5, 0.6) is 0 Å². The van der Waals surface area contributed by atoms with Crippen LogP contribution in [0.1, 0.15) is 42.4 Å². The van der Waals surface area contributed by atoms with Crippen molar-refractivity contribution >= 4 is 27.6 Å². The molecule has 2 N–H and O–H groups in total. The standard InChI is InChI=1S/C23H25N5O3S/c1-23(18-7-5-6-16(14-18)15-24)20(21(29)27(2)22(25)26-23)17-8-10-19(11-9-17)28-12-3-4-13-32(28,30)31/h5-11,14,20H,3-4,12-13H2,1-2H3,(H2,25,26)/t20-,23-/m1/s1. The summed E-state index contributed by atoms with van der Waals surface area (Å²) in [6.45, 7) is 2.28. The molecule has 2 heterocycles. The Kier molecular flexibility index (Phi) is 5.42. The van der Waals surface area contributed by atoms with Crippen LogP contribution in [0.2, 0.25) is 0 Å². The first-order chi connectivity index (χ1) is 15.2. The van der Waals surface area contributed by atoms with Crippen LogP contribution in [0.25, 0.3) is 0 Å². The number of sulfonamides is 1. The number of carbonyl (C=O) groups excluding carboxylic acids is 1. The predicted molar refractivity (Wildman–Crippen MR) is 122 cm³/mol. The van der Waals surface area contributed by atoms with Gasteiger partial charge in [0.05, 0.1) is 29.0 Å². The molecule has 2 aliphatic heterocycles. The zero-order chi connectivity index (χ0) is 23.1. The van der Waals surface area contributed by atoms with Crippen LogP contribution in [0, 0.1) is 11.3 Å². The van der Waals surface area contributed by atoms with Crippen molar-refractivity contribution in [2.45, 2.75) is 31.2 Å². The summed E-state index contributed by atoms with van der Waals surface area (Å²) < 4.78 is 26.3. The summed E-state index contributed by atoms with van der Waals surface area (Å²) in [6, 6.07) is 16.2. The van der Waals surface area contributed by atoms with Crippen molar-refractivity contribution in [1.82, 2.24) is 4.90 Å². The number of likely N-dealkylation sites (N-methyl/N-ethyl adjacent to an activating group) is 1. The van der Waals surface area contributed by atoms with E-state index in [0.717, 1.165) is 6.42 Å². The van der Waals surface area contributed by atoms with Crippen molar-refractivity contribution in [3.8, 4) is 6.07 Å². The lowest BCUT2D eigenvalue weighted by molar-refractivity contribution is -0.130. The van der Waals surface area contributed by atoms with Gasteiger partial charge < -0.3 is 5.73 Å². The minimum absolute atomic E-state index is 0.104. The van der Waals surface area contributed by atoms with E-state index in [1.54, 1.807) is 49.5 Å². The van der Waals surface area contributed by atoms with E-state index in [-0.39, 0.29) is 17.6 Å². The second kappa shape index (κ2) is 7.95. The lowest BCUT2D eigenvalue weighted by Crippen LogP contribution is -2.52. The summed E-state index contributed by atoms with van der Waals surface area (Å²) in [5.41, 5.74) is 7.48. The molecule has 1 amide bonds. The Labute approximate surface area is 188 Å². The molecule has 0 aliphatic carbocycles. The van der Waals surface area contributed by atoms with Crippen molar-refractivity contribution in [2.75, 3.05) is 23.7 Å². The number of guanidine groups is 1. The molecule has 0 unspecified atom stereocenters. The van der Waals surface area contributed by atoms with Gasteiger partial charge >= 0.3 is 0 Å². The summed E-state index contributed by atoms with van der Waals surface area (Å²) in [5.74, 6) is -0.671. The number of benzene rings is 2. The highest BCUT2D eigenvalue weighted by Crippen LogP contribution is 2.44. The molecule has 32 heavy (non-hydrogen) atoms. The first-order valence-corrected chi connectivity index (χ1v) is 12.0. The zero-order valence-corrected chi connectivity index (χ0v) is 18.8. The van der Waals surface area contributed by atoms with E-state index in [9.17, 15) is 18.5 Å². The van der Waals surface area contributed by atoms with Gasteiger partial charge in [0.15, 0.2) is 5.96 Å². The molecular weight excluding hydrogens is 426 g/mol. The van der Waals surface area contributed by atoms with Gasteiger partial charge in [0.25, 0.3) is 0 Å². The molecule has 2 aliphatic rings. The summed E-state index contributed by atoms with van der Waals surface area (Å²) >= 11 is 0. The smallest absolute Gasteiger partial charge is 0.239 e. The van der Waals surface area contributed by atoms with E-state index in [1.807, 2.05) is 13.0 Å². The average molecular weight is 452 g/mol. The normalized spacial score (nSPS) is 25.2. The predicted octanol–water partition coefficient (Wildman–Crippen LogP) is 2.27. The third-order valence-corrected chi connectivity index (χ3v) is 8.14. The molecule has 8 nitrogen and oxygen atoms in total. The highest BCUT2D eigenvalue weighted by Gasteiger charge is 2.47. The molecule has 2 aromatic carbocycles. The minimum atomic E-state index is -3.33. The molecule has 2 atom stereocenters. The van der Waals surface area contributed by atoms with E-state index in [0.29, 0.717) is 35.3 Å². The van der Waals surface area contributed by atoms with Crippen molar-refractivity contribution in [3.05, 3.63) is 65.2 Å². The third-order valence-electron chi connectivity index (χ3n) is 6.27. The molecule has 1 fully saturated rings. The molecule has 166 valence electrons. The van der Waals surface area contributed by atoms with Crippen molar-refractivity contribution in [2.24, 2.45) is 10.7 Å². The van der Waals surface area contributed by atoms with E-state index in [2.05, 4.69) is 11.1 Å². The molecule has 0 spiro atoms. The van der Waals surface area contributed by atoms with Crippen molar-refractivity contribution in [1.29, 1.82) is 5.26 Å². The number of anilines is 1. The first-order valence-electron chi connectivity index (χ1n) is 10.4.